The van der Waals surface area contributed by atoms with Crippen molar-refractivity contribution in [1.29, 1.82) is 0 Å². The number of hydrogen-bond donors (Lipinski definition) is 1. The van der Waals surface area contributed by atoms with Gasteiger partial charge in [-0.2, -0.15) is 4.31 Å². The predicted molar refractivity (Wildman–Crippen MR) is 68.0 cm³/mol. The van der Waals surface area contributed by atoms with Gasteiger partial charge >= 0.3 is 5.97 Å². The summed E-state index contributed by atoms with van der Waals surface area (Å²) in [7, 11) is -4.08. The smallest absolute Gasteiger partial charge is 0.335 e. The normalized spacial score (nSPS) is 11.5. The molecule has 0 atom stereocenters. The fourth-order valence-corrected chi connectivity index (χ4v) is 3.02. The molecule has 1 N–H and O–H groups in total. The molecule has 1 aromatic carbocycles. The van der Waals surface area contributed by atoms with Gasteiger partial charge in [-0.1, -0.05) is 13.0 Å². The van der Waals surface area contributed by atoms with Gasteiger partial charge < -0.3 is 5.11 Å². The molecule has 0 saturated heterocycles. The van der Waals surface area contributed by atoms with Crippen molar-refractivity contribution < 1.29 is 22.7 Å². The maximum atomic E-state index is 13.6. The van der Waals surface area contributed by atoms with E-state index in [2.05, 4.69) is 6.58 Å². The summed E-state index contributed by atoms with van der Waals surface area (Å²) in [5.74, 6) is -2.30. The van der Waals surface area contributed by atoms with Crippen molar-refractivity contribution in [2.75, 3.05) is 13.1 Å². The average Bonchev–Trinajstić information content (AvgIpc) is 2.35. The number of rotatable bonds is 6. The summed E-state index contributed by atoms with van der Waals surface area (Å²) in [6, 6.07) is 2.66. The lowest BCUT2D eigenvalue weighted by Crippen LogP contribution is -2.31. The highest BCUT2D eigenvalue weighted by atomic mass is 32.2. The van der Waals surface area contributed by atoms with E-state index in [1.165, 1.54) is 6.08 Å². The standard InChI is InChI=1S/C12H14FNO4S/c1-3-7-14(4-2)19(17,18)11-8-9(12(15)16)5-6-10(11)13/h3,5-6,8H,1,4,7H2,2H3,(H,15,16). The first-order chi connectivity index (χ1) is 8.84. The monoisotopic (exact) mass is 287 g/mol. The van der Waals surface area contributed by atoms with Crippen molar-refractivity contribution in [3.63, 3.8) is 0 Å². The molecule has 1 aromatic rings. The zero-order valence-corrected chi connectivity index (χ0v) is 11.2. The molecule has 0 bridgehead atoms. The van der Waals surface area contributed by atoms with Gasteiger partial charge in [-0.3, -0.25) is 0 Å². The Morgan fingerprint density at radius 2 is 2.16 bits per heavy atom. The highest BCUT2D eigenvalue weighted by Crippen LogP contribution is 2.20. The van der Waals surface area contributed by atoms with Gasteiger partial charge in [-0.15, -0.1) is 6.58 Å². The van der Waals surface area contributed by atoms with Crippen LogP contribution < -0.4 is 0 Å². The van der Waals surface area contributed by atoms with Crippen molar-refractivity contribution in [2.24, 2.45) is 0 Å². The molecule has 19 heavy (non-hydrogen) atoms. The second-order valence-electron chi connectivity index (χ2n) is 3.69. The van der Waals surface area contributed by atoms with Crippen LogP contribution in [0, 0.1) is 5.82 Å². The summed E-state index contributed by atoms with van der Waals surface area (Å²) in [6.45, 7) is 5.18. The van der Waals surface area contributed by atoms with Crippen LogP contribution in [-0.2, 0) is 10.0 Å². The maximum Gasteiger partial charge on any atom is 0.335 e. The molecule has 0 aliphatic rings. The van der Waals surface area contributed by atoms with Crippen LogP contribution in [0.3, 0.4) is 0 Å². The van der Waals surface area contributed by atoms with Gasteiger partial charge in [0.2, 0.25) is 10.0 Å². The third-order valence-corrected chi connectivity index (χ3v) is 4.44. The van der Waals surface area contributed by atoms with Gasteiger partial charge in [0, 0.05) is 13.1 Å². The predicted octanol–water partition coefficient (Wildman–Crippen LogP) is 1.72. The van der Waals surface area contributed by atoms with E-state index in [-0.39, 0.29) is 18.7 Å². The molecule has 0 fully saturated rings. The largest absolute Gasteiger partial charge is 0.478 e. The molecule has 0 aromatic heterocycles. The Kier molecular flexibility index (Phi) is 4.79. The first-order valence-corrected chi connectivity index (χ1v) is 6.92. The molecule has 0 unspecified atom stereocenters. The number of benzene rings is 1. The summed E-state index contributed by atoms with van der Waals surface area (Å²) in [5.41, 5.74) is -0.283. The third-order valence-electron chi connectivity index (χ3n) is 2.48. The number of aromatic carboxylic acids is 1. The number of carboxylic acids is 1. The van der Waals surface area contributed by atoms with Crippen molar-refractivity contribution in [3.05, 3.63) is 42.2 Å². The molecule has 0 saturated carbocycles. The minimum Gasteiger partial charge on any atom is -0.478 e. The summed E-state index contributed by atoms with van der Waals surface area (Å²) >= 11 is 0. The number of sulfonamides is 1. The number of nitrogens with zero attached hydrogens (tertiary/aromatic N) is 1. The van der Waals surface area contributed by atoms with E-state index in [9.17, 15) is 17.6 Å². The molecule has 0 radical (unpaired) electrons. The van der Waals surface area contributed by atoms with E-state index in [0.29, 0.717) is 0 Å². The third kappa shape index (κ3) is 3.18. The topological polar surface area (TPSA) is 74.7 Å². The maximum absolute atomic E-state index is 13.6. The Balaban J connectivity index is 3.38. The summed E-state index contributed by atoms with van der Waals surface area (Å²) < 4.78 is 39.0. The number of hydrogen-bond acceptors (Lipinski definition) is 3. The van der Waals surface area contributed by atoms with Crippen molar-refractivity contribution >= 4 is 16.0 Å². The fraction of sp³-hybridized carbons (Fsp3) is 0.250. The number of carboxylic acid groups (broad SMARTS) is 1. The first kappa shape index (κ1) is 15.3. The van der Waals surface area contributed by atoms with E-state index >= 15 is 0 Å². The van der Waals surface area contributed by atoms with E-state index < -0.39 is 26.7 Å². The van der Waals surface area contributed by atoms with Crippen molar-refractivity contribution in [2.45, 2.75) is 11.8 Å². The van der Waals surface area contributed by atoms with Crippen LogP contribution in [-0.4, -0.2) is 36.9 Å². The van der Waals surface area contributed by atoms with Crippen LogP contribution in [0.4, 0.5) is 4.39 Å². The van der Waals surface area contributed by atoms with E-state index in [0.717, 1.165) is 22.5 Å². The van der Waals surface area contributed by atoms with Crippen LogP contribution >= 0.6 is 0 Å². The summed E-state index contributed by atoms with van der Waals surface area (Å²) in [4.78, 5) is 10.2. The number of likely N-dealkylation sites (N-methyl/N-ethyl adjacent to an activating group) is 1. The lowest BCUT2D eigenvalue weighted by atomic mass is 10.2. The summed E-state index contributed by atoms with van der Waals surface area (Å²) in [6.07, 6.45) is 1.38. The Morgan fingerprint density at radius 1 is 1.53 bits per heavy atom. The van der Waals surface area contributed by atoms with Crippen LogP contribution in [0.25, 0.3) is 0 Å². The molecule has 0 spiro atoms. The summed E-state index contributed by atoms with van der Waals surface area (Å²) in [5, 5.41) is 8.82. The second kappa shape index (κ2) is 5.94. The Labute approximate surface area is 111 Å². The van der Waals surface area contributed by atoms with Gasteiger partial charge in [0.1, 0.15) is 10.7 Å². The molecule has 104 valence electrons. The minimum absolute atomic E-state index is 0.0234. The zero-order valence-electron chi connectivity index (χ0n) is 10.3. The molecular formula is C12H14FNO4S. The SMILES string of the molecule is C=CCN(CC)S(=O)(=O)c1cc(C(=O)O)ccc1F. The van der Waals surface area contributed by atoms with Gasteiger partial charge in [0.05, 0.1) is 5.56 Å². The van der Waals surface area contributed by atoms with E-state index in [1.54, 1.807) is 6.92 Å². The highest BCUT2D eigenvalue weighted by Gasteiger charge is 2.26. The number of carbonyl (C=O) groups is 1. The zero-order chi connectivity index (χ0) is 14.6. The second-order valence-corrected chi connectivity index (χ2v) is 5.60. The Hall–Kier alpha value is -1.73. The quantitative estimate of drug-likeness (QED) is 0.808. The minimum atomic E-state index is -4.08. The Morgan fingerprint density at radius 3 is 2.63 bits per heavy atom. The van der Waals surface area contributed by atoms with Crippen LogP contribution in [0.2, 0.25) is 0 Å². The lowest BCUT2D eigenvalue weighted by molar-refractivity contribution is 0.0696. The van der Waals surface area contributed by atoms with Crippen molar-refractivity contribution in [1.82, 2.24) is 4.31 Å². The van der Waals surface area contributed by atoms with Gasteiger partial charge in [0.25, 0.3) is 0 Å². The van der Waals surface area contributed by atoms with Gasteiger partial charge in [0.15, 0.2) is 0 Å². The van der Waals surface area contributed by atoms with Gasteiger partial charge in [-0.25, -0.2) is 17.6 Å². The first-order valence-electron chi connectivity index (χ1n) is 5.48. The molecule has 0 aliphatic carbocycles. The molecule has 1 rings (SSSR count). The molecule has 7 heteroatoms. The van der Waals surface area contributed by atoms with Crippen LogP contribution in [0.1, 0.15) is 17.3 Å². The van der Waals surface area contributed by atoms with Crippen LogP contribution in [0.15, 0.2) is 35.7 Å². The van der Waals surface area contributed by atoms with Crippen molar-refractivity contribution in [3.8, 4) is 0 Å². The fourth-order valence-electron chi connectivity index (χ4n) is 1.51. The lowest BCUT2D eigenvalue weighted by Gasteiger charge is -2.19. The molecular weight excluding hydrogens is 273 g/mol. The van der Waals surface area contributed by atoms with E-state index in [4.69, 9.17) is 5.11 Å². The molecule has 0 heterocycles. The van der Waals surface area contributed by atoms with Gasteiger partial charge in [-0.05, 0) is 18.2 Å². The van der Waals surface area contributed by atoms with Crippen LogP contribution in [0.5, 0.6) is 0 Å². The molecule has 0 aliphatic heterocycles. The average molecular weight is 287 g/mol. The molecule has 0 amide bonds. The number of halogens is 1. The Bertz CT molecular complexity index is 598. The highest BCUT2D eigenvalue weighted by molar-refractivity contribution is 7.89. The molecule has 5 nitrogen and oxygen atoms in total. The van der Waals surface area contributed by atoms with E-state index in [1.807, 2.05) is 0 Å².